The van der Waals surface area contributed by atoms with E-state index in [1.54, 1.807) is 19.1 Å². The number of hydrogen-bond acceptors (Lipinski definition) is 4. The minimum absolute atomic E-state index is 0.209. The Morgan fingerprint density at radius 3 is 2.59 bits per heavy atom. The highest BCUT2D eigenvalue weighted by Crippen LogP contribution is 2.24. The zero-order valence-corrected chi connectivity index (χ0v) is 15.5. The number of nitrogens with one attached hydrogen (secondary N) is 2. The largest absolute Gasteiger partial charge is 0.324 e. The lowest BCUT2D eigenvalue weighted by atomic mass is 10.1. The molecule has 27 heavy (non-hydrogen) atoms. The fourth-order valence-electron chi connectivity index (χ4n) is 2.82. The van der Waals surface area contributed by atoms with Crippen molar-refractivity contribution in [1.82, 2.24) is 9.97 Å². The summed E-state index contributed by atoms with van der Waals surface area (Å²) in [5.74, 6) is -0.487. The molecule has 0 aliphatic carbocycles. The average molecular weight is 364 g/mol. The van der Waals surface area contributed by atoms with Crippen LogP contribution in [0.5, 0.6) is 0 Å². The third-order valence-electron chi connectivity index (χ3n) is 4.15. The number of hydrogen-bond donors (Lipinski definition) is 2. The summed E-state index contributed by atoms with van der Waals surface area (Å²) in [4.78, 5) is 21.2. The predicted molar refractivity (Wildman–Crippen MR) is 105 cm³/mol. The normalized spacial score (nSPS) is 10.5. The van der Waals surface area contributed by atoms with E-state index >= 15 is 0 Å². The Kier molecular flexibility index (Phi) is 5.45. The molecule has 0 fully saturated rings. The summed E-state index contributed by atoms with van der Waals surface area (Å²) in [7, 11) is 0. The molecule has 3 aromatic rings. The van der Waals surface area contributed by atoms with Crippen LogP contribution < -0.4 is 10.6 Å². The van der Waals surface area contributed by atoms with Crippen LogP contribution in [0.15, 0.2) is 48.5 Å². The van der Waals surface area contributed by atoms with Crippen molar-refractivity contribution in [1.29, 1.82) is 0 Å². The molecular formula is C21H21FN4O. The second-order valence-electron chi connectivity index (χ2n) is 6.27. The number of carbonyl (C=O) groups is 1. The van der Waals surface area contributed by atoms with E-state index in [1.807, 2.05) is 25.1 Å². The van der Waals surface area contributed by atoms with Crippen molar-refractivity contribution in [3.05, 3.63) is 76.9 Å². The van der Waals surface area contributed by atoms with E-state index in [2.05, 4.69) is 27.5 Å². The van der Waals surface area contributed by atoms with Crippen LogP contribution in [0.2, 0.25) is 0 Å². The molecule has 0 saturated carbocycles. The van der Waals surface area contributed by atoms with Gasteiger partial charge in [-0.3, -0.25) is 4.79 Å². The minimum atomic E-state index is -0.422. The molecule has 0 bridgehead atoms. The third-order valence-corrected chi connectivity index (χ3v) is 4.15. The number of para-hydroxylation sites is 1. The molecule has 2 N–H and O–H groups in total. The number of benzene rings is 2. The molecule has 0 spiro atoms. The Labute approximate surface area is 157 Å². The fourth-order valence-corrected chi connectivity index (χ4v) is 2.82. The van der Waals surface area contributed by atoms with Crippen LogP contribution in [0.3, 0.4) is 0 Å². The number of aromatic nitrogens is 2. The van der Waals surface area contributed by atoms with Gasteiger partial charge in [0, 0.05) is 17.1 Å². The van der Waals surface area contributed by atoms with Crippen molar-refractivity contribution in [2.24, 2.45) is 0 Å². The predicted octanol–water partition coefficient (Wildman–Crippen LogP) is 4.79. The molecule has 0 atom stereocenters. The summed E-state index contributed by atoms with van der Waals surface area (Å²) in [6.07, 6.45) is 0.864. The molecule has 0 unspecified atom stereocenters. The van der Waals surface area contributed by atoms with E-state index in [0.717, 1.165) is 23.2 Å². The number of rotatable bonds is 5. The van der Waals surface area contributed by atoms with Gasteiger partial charge in [-0.25, -0.2) is 14.4 Å². The van der Waals surface area contributed by atoms with Crippen LogP contribution in [0.4, 0.5) is 21.7 Å². The SMILES string of the molecule is CCc1cccc(C)c1Nc1nc(C)cc(C(=O)Nc2cccc(F)c2)n1. The highest BCUT2D eigenvalue weighted by atomic mass is 19.1. The quantitative estimate of drug-likeness (QED) is 0.683. The monoisotopic (exact) mass is 364 g/mol. The Hall–Kier alpha value is -3.28. The summed E-state index contributed by atoms with van der Waals surface area (Å²) in [5.41, 5.74) is 4.40. The highest BCUT2D eigenvalue weighted by molar-refractivity contribution is 6.03. The second-order valence-corrected chi connectivity index (χ2v) is 6.27. The second kappa shape index (κ2) is 7.95. The summed E-state index contributed by atoms with van der Waals surface area (Å²) in [6.45, 7) is 5.88. The van der Waals surface area contributed by atoms with Gasteiger partial charge in [-0.2, -0.15) is 0 Å². The molecule has 0 aliphatic heterocycles. The van der Waals surface area contributed by atoms with Crippen molar-refractivity contribution in [2.45, 2.75) is 27.2 Å². The van der Waals surface area contributed by atoms with E-state index in [1.165, 1.54) is 18.2 Å². The Morgan fingerprint density at radius 2 is 1.85 bits per heavy atom. The van der Waals surface area contributed by atoms with Gasteiger partial charge < -0.3 is 10.6 Å². The van der Waals surface area contributed by atoms with Crippen LogP contribution in [-0.4, -0.2) is 15.9 Å². The molecule has 138 valence electrons. The van der Waals surface area contributed by atoms with E-state index in [-0.39, 0.29) is 5.69 Å². The van der Waals surface area contributed by atoms with Gasteiger partial charge >= 0.3 is 0 Å². The van der Waals surface area contributed by atoms with E-state index in [4.69, 9.17) is 0 Å². The van der Waals surface area contributed by atoms with Crippen LogP contribution in [0.1, 0.15) is 34.2 Å². The van der Waals surface area contributed by atoms with Gasteiger partial charge in [-0.05, 0) is 55.7 Å². The zero-order valence-electron chi connectivity index (χ0n) is 15.5. The van der Waals surface area contributed by atoms with Crippen LogP contribution >= 0.6 is 0 Å². The van der Waals surface area contributed by atoms with Crippen LogP contribution in [0.25, 0.3) is 0 Å². The molecule has 5 nitrogen and oxygen atoms in total. The third kappa shape index (κ3) is 4.47. The first-order valence-electron chi connectivity index (χ1n) is 8.74. The van der Waals surface area contributed by atoms with Crippen molar-refractivity contribution >= 4 is 23.2 Å². The molecule has 0 aliphatic rings. The van der Waals surface area contributed by atoms with E-state index in [0.29, 0.717) is 17.3 Å². The fraction of sp³-hybridized carbons (Fsp3) is 0.190. The smallest absolute Gasteiger partial charge is 0.274 e. The molecule has 2 aromatic carbocycles. The van der Waals surface area contributed by atoms with Gasteiger partial charge in [0.25, 0.3) is 5.91 Å². The van der Waals surface area contributed by atoms with Crippen molar-refractivity contribution in [3.8, 4) is 0 Å². The summed E-state index contributed by atoms with van der Waals surface area (Å²) in [6, 6.07) is 13.4. The first-order valence-corrected chi connectivity index (χ1v) is 8.74. The lowest BCUT2D eigenvalue weighted by molar-refractivity contribution is 0.102. The standard InChI is InChI=1S/C21H21FN4O/c1-4-15-8-5-7-13(2)19(15)26-21-23-14(3)11-18(25-21)20(27)24-17-10-6-9-16(22)12-17/h5-12H,4H2,1-3H3,(H,24,27)(H,23,25,26). The van der Waals surface area contributed by atoms with Gasteiger partial charge in [0.1, 0.15) is 11.5 Å². The van der Waals surface area contributed by atoms with Gasteiger partial charge in [0.15, 0.2) is 0 Å². The number of halogens is 1. The highest BCUT2D eigenvalue weighted by Gasteiger charge is 2.13. The zero-order chi connectivity index (χ0) is 19.4. The van der Waals surface area contributed by atoms with Crippen molar-refractivity contribution in [2.75, 3.05) is 10.6 Å². The van der Waals surface area contributed by atoms with Crippen molar-refractivity contribution < 1.29 is 9.18 Å². The van der Waals surface area contributed by atoms with Crippen LogP contribution in [-0.2, 0) is 6.42 Å². The number of nitrogens with zero attached hydrogens (tertiary/aromatic N) is 2. The topological polar surface area (TPSA) is 66.9 Å². The lowest BCUT2D eigenvalue weighted by Gasteiger charge is -2.14. The molecule has 1 heterocycles. The van der Waals surface area contributed by atoms with E-state index in [9.17, 15) is 9.18 Å². The minimum Gasteiger partial charge on any atom is -0.324 e. The first kappa shape index (κ1) is 18.5. The Balaban J connectivity index is 1.87. The Morgan fingerprint density at radius 1 is 1.07 bits per heavy atom. The molecule has 1 aromatic heterocycles. The maximum absolute atomic E-state index is 13.3. The summed E-state index contributed by atoms with van der Waals surface area (Å²) >= 11 is 0. The lowest BCUT2D eigenvalue weighted by Crippen LogP contribution is -2.16. The Bertz CT molecular complexity index is 988. The van der Waals surface area contributed by atoms with Gasteiger partial charge in [-0.1, -0.05) is 31.2 Å². The number of amides is 1. The van der Waals surface area contributed by atoms with Gasteiger partial charge in [-0.15, -0.1) is 0 Å². The van der Waals surface area contributed by atoms with Gasteiger partial charge in [0.05, 0.1) is 0 Å². The molecule has 1 amide bonds. The molecule has 3 rings (SSSR count). The number of anilines is 3. The average Bonchev–Trinajstić information content (AvgIpc) is 2.63. The summed E-state index contributed by atoms with van der Waals surface area (Å²) in [5, 5.41) is 5.89. The number of aryl methyl sites for hydroxylation is 3. The first-order chi connectivity index (χ1) is 13.0. The van der Waals surface area contributed by atoms with Gasteiger partial charge in [0.2, 0.25) is 5.95 Å². The molecular weight excluding hydrogens is 343 g/mol. The number of carbonyl (C=O) groups excluding carboxylic acids is 1. The maximum atomic E-state index is 13.3. The maximum Gasteiger partial charge on any atom is 0.274 e. The molecule has 0 radical (unpaired) electrons. The molecule has 6 heteroatoms. The molecule has 0 saturated heterocycles. The van der Waals surface area contributed by atoms with E-state index < -0.39 is 11.7 Å². The summed E-state index contributed by atoms with van der Waals surface area (Å²) < 4.78 is 13.3. The van der Waals surface area contributed by atoms with Crippen molar-refractivity contribution in [3.63, 3.8) is 0 Å². The van der Waals surface area contributed by atoms with Crippen LogP contribution in [0, 0.1) is 19.7 Å².